The SMILES string of the molecule is COc1ccc(NC(=O)c2ccc(Cl)c(NC(=O)c3cccs3)c2)cc1OC1CCCC1. The first-order valence-electron chi connectivity index (χ1n) is 10.3. The van der Waals surface area contributed by atoms with Gasteiger partial charge >= 0.3 is 0 Å². The van der Waals surface area contributed by atoms with Crippen LogP contribution >= 0.6 is 22.9 Å². The maximum absolute atomic E-state index is 12.9. The lowest BCUT2D eigenvalue weighted by molar-refractivity contribution is 0.101. The number of nitrogens with one attached hydrogen (secondary N) is 2. The van der Waals surface area contributed by atoms with Crippen LogP contribution in [0.15, 0.2) is 53.9 Å². The number of methoxy groups -OCH3 is 1. The van der Waals surface area contributed by atoms with Crippen molar-refractivity contribution in [2.45, 2.75) is 31.8 Å². The van der Waals surface area contributed by atoms with Crippen LogP contribution in [0, 0.1) is 0 Å². The fourth-order valence-electron chi connectivity index (χ4n) is 3.59. The summed E-state index contributed by atoms with van der Waals surface area (Å²) in [7, 11) is 1.59. The van der Waals surface area contributed by atoms with Gasteiger partial charge in [-0.05, 0) is 67.5 Å². The summed E-state index contributed by atoms with van der Waals surface area (Å²) in [4.78, 5) is 25.8. The molecule has 2 amide bonds. The minimum atomic E-state index is -0.328. The van der Waals surface area contributed by atoms with E-state index >= 15 is 0 Å². The largest absolute Gasteiger partial charge is 0.493 e. The summed E-state index contributed by atoms with van der Waals surface area (Å²) < 4.78 is 11.5. The van der Waals surface area contributed by atoms with E-state index in [1.807, 2.05) is 5.38 Å². The van der Waals surface area contributed by atoms with Gasteiger partial charge in [0.15, 0.2) is 11.5 Å². The van der Waals surface area contributed by atoms with Gasteiger partial charge < -0.3 is 20.1 Å². The lowest BCUT2D eigenvalue weighted by Crippen LogP contribution is -2.15. The first-order chi connectivity index (χ1) is 15.5. The summed E-state index contributed by atoms with van der Waals surface area (Å²) in [5.74, 6) is 0.630. The molecule has 1 heterocycles. The smallest absolute Gasteiger partial charge is 0.265 e. The molecule has 8 heteroatoms. The van der Waals surface area contributed by atoms with E-state index in [1.54, 1.807) is 55.6 Å². The predicted molar refractivity (Wildman–Crippen MR) is 128 cm³/mol. The summed E-state index contributed by atoms with van der Waals surface area (Å²) in [5.41, 5.74) is 1.32. The molecule has 0 bridgehead atoms. The third kappa shape index (κ3) is 5.23. The molecule has 1 saturated carbocycles. The van der Waals surface area contributed by atoms with E-state index in [9.17, 15) is 9.59 Å². The third-order valence-electron chi connectivity index (χ3n) is 5.24. The number of rotatable bonds is 7. The Hall–Kier alpha value is -3.03. The quantitative estimate of drug-likeness (QED) is 0.428. The lowest BCUT2D eigenvalue weighted by atomic mass is 10.1. The van der Waals surface area contributed by atoms with Gasteiger partial charge in [0.05, 0.1) is 28.8 Å². The summed E-state index contributed by atoms with van der Waals surface area (Å²) in [6.07, 6.45) is 4.52. The van der Waals surface area contributed by atoms with Gasteiger partial charge in [-0.2, -0.15) is 0 Å². The molecule has 0 unspecified atom stereocenters. The Morgan fingerprint density at radius 2 is 1.81 bits per heavy atom. The summed E-state index contributed by atoms with van der Waals surface area (Å²) in [6.45, 7) is 0. The minimum absolute atomic E-state index is 0.167. The number of anilines is 2. The number of halogens is 1. The molecule has 1 aromatic heterocycles. The zero-order valence-corrected chi connectivity index (χ0v) is 19.1. The van der Waals surface area contributed by atoms with Gasteiger partial charge in [-0.1, -0.05) is 17.7 Å². The van der Waals surface area contributed by atoms with E-state index in [2.05, 4.69) is 10.6 Å². The second kappa shape index (κ2) is 10.1. The minimum Gasteiger partial charge on any atom is -0.493 e. The Morgan fingerprint density at radius 1 is 1.00 bits per heavy atom. The van der Waals surface area contributed by atoms with Gasteiger partial charge in [-0.25, -0.2) is 0 Å². The number of carbonyl (C=O) groups is 2. The maximum Gasteiger partial charge on any atom is 0.265 e. The molecule has 1 aliphatic carbocycles. The number of carbonyl (C=O) groups excluding carboxylic acids is 2. The molecule has 0 aliphatic heterocycles. The van der Waals surface area contributed by atoms with Crippen molar-refractivity contribution in [3.05, 3.63) is 69.4 Å². The average molecular weight is 471 g/mol. The maximum atomic E-state index is 12.9. The van der Waals surface area contributed by atoms with E-state index in [-0.39, 0.29) is 17.9 Å². The average Bonchev–Trinajstić information content (AvgIpc) is 3.50. The number of hydrogen-bond donors (Lipinski definition) is 2. The first-order valence-corrected chi connectivity index (χ1v) is 11.6. The van der Waals surface area contributed by atoms with Crippen LogP contribution in [0.25, 0.3) is 0 Å². The molecule has 0 atom stereocenters. The number of amides is 2. The van der Waals surface area contributed by atoms with Gasteiger partial charge in [0.2, 0.25) is 0 Å². The van der Waals surface area contributed by atoms with Crippen molar-refractivity contribution in [1.29, 1.82) is 0 Å². The number of benzene rings is 2. The highest BCUT2D eigenvalue weighted by Gasteiger charge is 2.19. The summed E-state index contributed by atoms with van der Waals surface area (Å²) in [5, 5.41) is 7.80. The topological polar surface area (TPSA) is 76.7 Å². The van der Waals surface area contributed by atoms with E-state index < -0.39 is 0 Å². The molecule has 4 rings (SSSR count). The van der Waals surface area contributed by atoms with Crippen molar-refractivity contribution in [3.63, 3.8) is 0 Å². The van der Waals surface area contributed by atoms with Crippen LogP contribution in [-0.2, 0) is 0 Å². The van der Waals surface area contributed by atoms with Crippen LogP contribution in [0.3, 0.4) is 0 Å². The Labute approximate surface area is 195 Å². The molecule has 0 saturated heterocycles. The molecule has 2 N–H and O–H groups in total. The molecular formula is C24H23ClN2O4S. The Balaban J connectivity index is 1.49. The van der Waals surface area contributed by atoms with Crippen molar-refractivity contribution >= 4 is 46.1 Å². The normalized spacial score (nSPS) is 13.6. The molecule has 166 valence electrons. The lowest BCUT2D eigenvalue weighted by Gasteiger charge is -2.17. The monoisotopic (exact) mass is 470 g/mol. The summed E-state index contributed by atoms with van der Waals surface area (Å²) in [6, 6.07) is 13.6. The van der Waals surface area contributed by atoms with Crippen molar-refractivity contribution in [1.82, 2.24) is 0 Å². The highest BCUT2D eigenvalue weighted by Crippen LogP contribution is 2.34. The van der Waals surface area contributed by atoms with Crippen molar-refractivity contribution in [3.8, 4) is 11.5 Å². The zero-order valence-electron chi connectivity index (χ0n) is 17.5. The van der Waals surface area contributed by atoms with Crippen molar-refractivity contribution in [2.24, 2.45) is 0 Å². The molecule has 0 spiro atoms. The molecule has 2 aromatic carbocycles. The molecule has 3 aromatic rings. The Morgan fingerprint density at radius 3 is 2.53 bits per heavy atom. The van der Waals surface area contributed by atoms with E-state index in [4.69, 9.17) is 21.1 Å². The van der Waals surface area contributed by atoms with Crippen molar-refractivity contribution in [2.75, 3.05) is 17.7 Å². The van der Waals surface area contributed by atoms with E-state index in [0.717, 1.165) is 25.7 Å². The van der Waals surface area contributed by atoms with Gasteiger partial charge in [-0.15, -0.1) is 11.3 Å². The van der Waals surface area contributed by atoms with Crippen LogP contribution in [0.5, 0.6) is 11.5 Å². The van der Waals surface area contributed by atoms with Gasteiger partial charge in [0, 0.05) is 17.3 Å². The first kappa shape index (κ1) is 22.2. The van der Waals surface area contributed by atoms with Crippen LogP contribution in [-0.4, -0.2) is 25.0 Å². The molecule has 1 fully saturated rings. The van der Waals surface area contributed by atoms with Gasteiger partial charge in [0.25, 0.3) is 11.8 Å². The Kier molecular flexibility index (Phi) is 6.97. The van der Waals surface area contributed by atoms with Crippen LogP contribution in [0.1, 0.15) is 45.7 Å². The molecular weight excluding hydrogens is 448 g/mol. The standard InChI is InChI=1S/C24H23ClN2O4S/c1-30-20-11-9-16(14-21(20)31-17-5-2-3-6-17)26-23(28)15-8-10-18(25)19(13-15)27-24(29)22-7-4-12-32-22/h4,7-14,17H,2-3,5-6H2,1H3,(H,26,28)(H,27,29). The van der Waals surface area contributed by atoms with Crippen LogP contribution in [0.4, 0.5) is 11.4 Å². The molecule has 0 radical (unpaired) electrons. The van der Waals surface area contributed by atoms with Crippen LogP contribution in [0.2, 0.25) is 5.02 Å². The Bertz CT molecular complexity index is 1110. The molecule has 1 aliphatic rings. The van der Waals surface area contributed by atoms with E-state index in [1.165, 1.54) is 11.3 Å². The summed E-state index contributed by atoms with van der Waals surface area (Å²) >= 11 is 7.56. The third-order valence-corrected chi connectivity index (χ3v) is 6.44. The van der Waals surface area contributed by atoms with Gasteiger partial charge in [-0.3, -0.25) is 9.59 Å². The molecule has 6 nitrogen and oxygen atoms in total. The van der Waals surface area contributed by atoms with Crippen LogP contribution < -0.4 is 20.1 Å². The van der Waals surface area contributed by atoms with Crippen molar-refractivity contribution < 1.29 is 19.1 Å². The number of hydrogen-bond acceptors (Lipinski definition) is 5. The van der Waals surface area contributed by atoms with Gasteiger partial charge in [0.1, 0.15) is 0 Å². The van der Waals surface area contributed by atoms with E-state index in [0.29, 0.717) is 38.3 Å². The fraction of sp³-hybridized carbons (Fsp3) is 0.250. The fourth-order valence-corrected chi connectivity index (χ4v) is 4.37. The zero-order chi connectivity index (χ0) is 22.5. The number of ether oxygens (including phenoxy) is 2. The second-order valence-corrected chi connectivity index (χ2v) is 8.83. The predicted octanol–water partition coefficient (Wildman–Crippen LogP) is 6.24. The highest BCUT2D eigenvalue weighted by atomic mass is 35.5. The molecule has 32 heavy (non-hydrogen) atoms. The second-order valence-electron chi connectivity index (χ2n) is 7.47. The highest BCUT2D eigenvalue weighted by molar-refractivity contribution is 7.12. The number of thiophene rings is 1.